The first-order valence-electron chi connectivity index (χ1n) is 5.87. The third kappa shape index (κ3) is 5.48. The molecule has 1 rings (SSSR count). The smallest absolute Gasteiger partial charge is 0.283 e. The molecular formula is C13H19N3O3. The Bertz CT molecular complexity index is 422. The number of aliphatic imine (C=N–C) groups is 2. The van der Waals surface area contributed by atoms with Crippen molar-refractivity contribution in [1.29, 1.82) is 5.26 Å². The van der Waals surface area contributed by atoms with Crippen molar-refractivity contribution in [1.82, 2.24) is 0 Å². The predicted octanol–water partition coefficient (Wildman–Crippen LogP) is 2.23. The van der Waals surface area contributed by atoms with E-state index in [9.17, 15) is 9.59 Å². The van der Waals surface area contributed by atoms with E-state index in [0.29, 0.717) is 6.42 Å². The molecule has 6 heteroatoms. The van der Waals surface area contributed by atoms with E-state index in [2.05, 4.69) is 23.8 Å². The molecule has 6 nitrogen and oxygen atoms in total. The highest BCUT2D eigenvalue weighted by Crippen LogP contribution is 2.48. The van der Waals surface area contributed by atoms with Gasteiger partial charge in [-0.25, -0.2) is 9.59 Å². The van der Waals surface area contributed by atoms with E-state index in [-0.39, 0.29) is 5.41 Å². The minimum atomic E-state index is -0.474. The molecule has 0 heterocycles. The van der Waals surface area contributed by atoms with Crippen LogP contribution in [0, 0.1) is 16.9 Å². The van der Waals surface area contributed by atoms with Gasteiger partial charge in [0.05, 0.1) is 11.1 Å². The molecule has 1 N–H and O–H groups in total. The molecule has 2 unspecified atom stereocenters. The van der Waals surface area contributed by atoms with Gasteiger partial charge in [-0.15, -0.1) is 0 Å². The van der Waals surface area contributed by atoms with Crippen LogP contribution in [0.1, 0.15) is 47.0 Å². The van der Waals surface area contributed by atoms with E-state index in [1.165, 1.54) is 0 Å². The Morgan fingerprint density at radius 2 is 1.26 bits per heavy atom. The van der Waals surface area contributed by atoms with Crippen LogP contribution in [0.15, 0.2) is 9.98 Å². The first-order chi connectivity index (χ1) is 8.66. The lowest BCUT2D eigenvalue weighted by Crippen LogP contribution is -2.47. The van der Waals surface area contributed by atoms with Crippen LogP contribution in [0.5, 0.6) is 0 Å². The normalized spacial score (nSPS) is 31.5. The van der Waals surface area contributed by atoms with E-state index in [4.69, 9.17) is 10.4 Å². The van der Waals surface area contributed by atoms with E-state index in [1.54, 1.807) is 12.2 Å². The highest BCUT2D eigenvalue weighted by atomic mass is 16.2. The molecule has 0 radical (unpaired) electrons. The summed E-state index contributed by atoms with van der Waals surface area (Å²) in [5.74, 6) is 0. The number of nitriles is 1. The van der Waals surface area contributed by atoms with Gasteiger partial charge in [-0.05, 0) is 38.5 Å². The monoisotopic (exact) mass is 265 g/mol. The second-order valence-electron chi connectivity index (χ2n) is 6.19. The van der Waals surface area contributed by atoms with E-state index in [1.807, 2.05) is 13.8 Å². The topological polar surface area (TPSA) is 103 Å². The van der Waals surface area contributed by atoms with Gasteiger partial charge in [-0.3, -0.25) is 0 Å². The van der Waals surface area contributed by atoms with Crippen molar-refractivity contribution in [3.63, 3.8) is 0 Å². The molecule has 1 saturated carbocycles. The van der Waals surface area contributed by atoms with Crippen LogP contribution in [-0.2, 0) is 9.59 Å². The molecule has 1 aliphatic rings. The molecule has 1 fully saturated rings. The molecule has 1 aliphatic carbocycles. The number of hydrogen-bond donors (Lipinski definition) is 1. The molecule has 0 amide bonds. The lowest BCUT2D eigenvalue weighted by Gasteiger charge is -2.47. The SMILES string of the molecule is CC1(C)CC(C)(N=C=O)CC(C)(N=C=O)C1.N#CO. The molecule has 0 aromatic heterocycles. The van der Waals surface area contributed by atoms with Crippen molar-refractivity contribution in [3.05, 3.63) is 0 Å². The Morgan fingerprint density at radius 1 is 0.947 bits per heavy atom. The average molecular weight is 265 g/mol. The Hall–Kier alpha value is -1.95. The van der Waals surface area contributed by atoms with Crippen LogP contribution < -0.4 is 0 Å². The van der Waals surface area contributed by atoms with Crippen molar-refractivity contribution >= 4 is 12.2 Å². The van der Waals surface area contributed by atoms with Crippen LogP contribution in [0.4, 0.5) is 0 Å². The van der Waals surface area contributed by atoms with E-state index in [0.717, 1.165) is 19.1 Å². The number of nitrogens with zero attached hydrogens (tertiary/aromatic N) is 3. The van der Waals surface area contributed by atoms with Crippen LogP contribution in [0.2, 0.25) is 0 Å². The van der Waals surface area contributed by atoms with Gasteiger partial charge in [0.1, 0.15) is 0 Å². The fourth-order valence-corrected chi connectivity index (χ4v) is 3.45. The number of rotatable bonds is 2. The quantitative estimate of drug-likeness (QED) is 0.469. The maximum absolute atomic E-state index is 10.5. The van der Waals surface area contributed by atoms with Crippen LogP contribution >= 0.6 is 0 Å². The highest BCUT2D eigenvalue weighted by Gasteiger charge is 2.47. The summed E-state index contributed by atoms with van der Waals surface area (Å²) in [6.45, 7) is 8.03. The van der Waals surface area contributed by atoms with E-state index < -0.39 is 11.1 Å². The number of hydrogen-bond acceptors (Lipinski definition) is 6. The van der Waals surface area contributed by atoms with Gasteiger partial charge in [0.25, 0.3) is 6.26 Å². The van der Waals surface area contributed by atoms with Crippen molar-refractivity contribution in [3.8, 4) is 6.26 Å². The zero-order valence-corrected chi connectivity index (χ0v) is 11.7. The minimum Gasteiger partial charge on any atom is -0.443 e. The van der Waals surface area contributed by atoms with Gasteiger partial charge in [0.15, 0.2) is 0 Å². The second kappa shape index (κ2) is 6.29. The molecule has 0 aliphatic heterocycles. The standard InChI is InChI=1S/C12H18N2O2.CHNO/c1-10(2)5-11(3,13-8-15)7-12(4,6-10)14-9-16;2-1-3/h5-7H2,1-4H3;3H. The van der Waals surface area contributed by atoms with Gasteiger partial charge in [-0.2, -0.15) is 15.2 Å². The van der Waals surface area contributed by atoms with Crippen molar-refractivity contribution in [2.24, 2.45) is 15.4 Å². The van der Waals surface area contributed by atoms with Gasteiger partial charge in [0, 0.05) is 0 Å². The molecule has 0 saturated heterocycles. The van der Waals surface area contributed by atoms with Gasteiger partial charge >= 0.3 is 0 Å². The molecule has 0 aromatic rings. The highest BCUT2D eigenvalue weighted by molar-refractivity contribution is 5.37. The summed E-state index contributed by atoms with van der Waals surface area (Å²) in [7, 11) is 0. The summed E-state index contributed by atoms with van der Waals surface area (Å²) in [4.78, 5) is 28.7. The van der Waals surface area contributed by atoms with Crippen LogP contribution in [-0.4, -0.2) is 28.3 Å². The van der Waals surface area contributed by atoms with Crippen LogP contribution in [0.25, 0.3) is 0 Å². The Kier molecular flexibility index (Phi) is 5.64. The van der Waals surface area contributed by atoms with Crippen molar-refractivity contribution < 1.29 is 14.7 Å². The lowest BCUT2D eigenvalue weighted by molar-refractivity contribution is 0.101. The summed E-state index contributed by atoms with van der Waals surface area (Å²) in [5.41, 5.74) is -0.945. The third-order valence-corrected chi connectivity index (χ3v) is 3.11. The van der Waals surface area contributed by atoms with Gasteiger partial charge in [0.2, 0.25) is 12.2 Å². The number of isocyanates is 2. The molecule has 0 aromatic carbocycles. The fourth-order valence-electron chi connectivity index (χ4n) is 3.45. The fraction of sp³-hybridized carbons (Fsp3) is 0.769. The first-order valence-corrected chi connectivity index (χ1v) is 5.87. The van der Waals surface area contributed by atoms with E-state index >= 15 is 0 Å². The van der Waals surface area contributed by atoms with Crippen molar-refractivity contribution in [2.75, 3.05) is 0 Å². The van der Waals surface area contributed by atoms with Gasteiger partial charge < -0.3 is 5.11 Å². The third-order valence-electron chi connectivity index (χ3n) is 3.11. The zero-order chi connectivity index (χ0) is 15.2. The summed E-state index contributed by atoms with van der Waals surface area (Å²) in [6.07, 6.45) is 6.21. The maximum atomic E-state index is 10.5. The predicted molar refractivity (Wildman–Crippen MR) is 68.2 cm³/mol. The maximum Gasteiger partial charge on any atom is 0.283 e. The summed E-state index contributed by atoms with van der Waals surface area (Å²) in [6, 6.07) is 0. The Labute approximate surface area is 112 Å². The molecule has 19 heavy (non-hydrogen) atoms. The number of aliphatic hydroxyl groups excluding tert-OH is 1. The Morgan fingerprint density at radius 3 is 1.53 bits per heavy atom. The molecular weight excluding hydrogens is 246 g/mol. The second-order valence-corrected chi connectivity index (χ2v) is 6.19. The molecule has 0 spiro atoms. The summed E-state index contributed by atoms with van der Waals surface area (Å²) < 4.78 is 0. The minimum absolute atomic E-state index is 0.00243. The molecule has 104 valence electrons. The van der Waals surface area contributed by atoms with Crippen molar-refractivity contribution in [2.45, 2.75) is 58.0 Å². The summed E-state index contributed by atoms with van der Waals surface area (Å²) in [5, 5.41) is 13.8. The zero-order valence-electron chi connectivity index (χ0n) is 11.7. The lowest BCUT2D eigenvalue weighted by atomic mass is 9.62. The van der Waals surface area contributed by atoms with Gasteiger partial charge in [-0.1, -0.05) is 13.8 Å². The Balaban J connectivity index is 0.000000982. The first kappa shape index (κ1) is 17.1. The molecule has 2 atom stereocenters. The number of aliphatic hydroxyl groups is 1. The average Bonchev–Trinajstić information content (AvgIpc) is 2.13. The largest absolute Gasteiger partial charge is 0.443 e. The summed E-state index contributed by atoms with van der Waals surface area (Å²) >= 11 is 0. The number of carbonyl (C=O) groups excluding carboxylic acids is 2. The molecule has 0 bridgehead atoms. The van der Waals surface area contributed by atoms with Crippen LogP contribution in [0.3, 0.4) is 0 Å².